The second kappa shape index (κ2) is 3.47. The standard InChI is InChI=1S/C7H12N2O3S/c1-5-7(6(2)12-9-5)4-8-13(3,10)11/h8H,4H2,1-3H3. The molecule has 1 N–H and O–H groups in total. The molecule has 0 aliphatic carbocycles. The van der Waals surface area contributed by atoms with Crippen LogP contribution in [0.25, 0.3) is 0 Å². The van der Waals surface area contributed by atoms with Gasteiger partial charge in [0.05, 0.1) is 11.9 Å². The van der Waals surface area contributed by atoms with Crippen molar-refractivity contribution >= 4 is 10.0 Å². The van der Waals surface area contributed by atoms with E-state index in [4.69, 9.17) is 4.52 Å². The fourth-order valence-electron chi connectivity index (χ4n) is 0.958. The SMILES string of the molecule is Cc1noc(C)c1CNS(C)(=O)=O. The summed E-state index contributed by atoms with van der Waals surface area (Å²) in [6, 6.07) is 0. The lowest BCUT2D eigenvalue weighted by Crippen LogP contribution is -2.21. The molecule has 1 aromatic heterocycles. The first-order chi connectivity index (χ1) is 5.90. The quantitative estimate of drug-likeness (QED) is 0.770. The summed E-state index contributed by atoms with van der Waals surface area (Å²) in [5, 5.41) is 3.71. The predicted octanol–water partition coefficient (Wildman–Crippen LogP) is 0.341. The minimum atomic E-state index is -3.15. The van der Waals surface area contributed by atoms with E-state index in [9.17, 15) is 8.42 Å². The van der Waals surface area contributed by atoms with Crippen molar-refractivity contribution in [3.05, 3.63) is 17.0 Å². The molecule has 5 nitrogen and oxygen atoms in total. The summed E-state index contributed by atoms with van der Waals surface area (Å²) in [7, 11) is -3.15. The van der Waals surface area contributed by atoms with E-state index in [0.717, 1.165) is 11.8 Å². The molecule has 0 bridgehead atoms. The number of aromatic nitrogens is 1. The number of rotatable bonds is 3. The fourth-order valence-corrected chi connectivity index (χ4v) is 1.36. The van der Waals surface area contributed by atoms with Gasteiger partial charge < -0.3 is 4.52 Å². The van der Waals surface area contributed by atoms with Crippen molar-refractivity contribution in [2.24, 2.45) is 0 Å². The molecule has 0 fully saturated rings. The highest BCUT2D eigenvalue weighted by Gasteiger charge is 2.10. The zero-order valence-corrected chi connectivity index (χ0v) is 8.60. The summed E-state index contributed by atoms with van der Waals surface area (Å²) in [4.78, 5) is 0. The minimum absolute atomic E-state index is 0.236. The zero-order chi connectivity index (χ0) is 10.1. The third-order valence-corrected chi connectivity index (χ3v) is 2.36. The first kappa shape index (κ1) is 10.2. The highest BCUT2D eigenvalue weighted by Crippen LogP contribution is 2.11. The number of hydrogen-bond acceptors (Lipinski definition) is 4. The molecule has 0 aliphatic heterocycles. The Labute approximate surface area is 77.2 Å². The van der Waals surface area contributed by atoms with Crippen LogP contribution in [0.1, 0.15) is 17.0 Å². The third kappa shape index (κ3) is 2.82. The van der Waals surface area contributed by atoms with Crippen LogP contribution in [0.2, 0.25) is 0 Å². The van der Waals surface area contributed by atoms with Gasteiger partial charge in [0.15, 0.2) is 0 Å². The monoisotopic (exact) mass is 204 g/mol. The molecule has 0 aliphatic rings. The summed E-state index contributed by atoms with van der Waals surface area (Å²) < 4.78 is 28.8. The Morgan fingerprint density at radius 3 is 2.46 bits per heavy atom. The van der Waals surface area contributed by atoms with E-state index < -0.39 is 10.0 Å². The van der Waals surface area contributed by atoms with E-state index >= 15 is 0 Å². The summed E-state index contributed by atoms with van der Waals surface area (Å²) in [6.45, 7) is 3.76. The summed E-state index contributed by atoms with van der Waals surface area (Å²) in [5.41, 5.74) is 1.51. The van der Waals surface area contributed by atoms with Gasteiger partial charge in [-0.15, -0.1) is 0 Å². The molecule has 0 atom stereocenters. The molecule has 0 saturated heterocycles. The maximum absolute atomic E-state index is 10.8. The Kier molecular flexibility index (Phi) is 2.72. The van der Waals surface area contributed by atoms with Gasteiger partial charge in [0.25, 0.3) is 0 Å². The number of nitrogens with one attached hydrogen (secondary N) is 1. The third-order valence-electron chi connectivity index (χ3n) is 1.69. The number of hydrogen-bond donors (Lipinski definition) is 1. The zero-order valence-electron chi connectivity index (χ0n) is 7.79. The van der Waals surface area contributed by atoms with Crippen LogP contribution in [0.5, 0.6) is 0 Å². The topological polar surface area (TPSA) is 72.2 Å². The summed E-state index contributed by atoms with van der Waals surface area (Å²) in [6.07, 6.45) is 1.12. The molecule has 6 heteroatoms. The van der Waals surface area contributed by atoms with Crippen LogP contribution in [0, 0.1) is 13.8 Å². The molecule has 1 aromatic rings. The van der Waals surface area contributed by atoms with E-state index in [2.05, 4.69) is 9.88 Å². The molecule has 0 saturated carbocycles. The number of aryl methyl sites for hydroxylation is 2. The predicted molar refractivity (Wildman–Crippen MR) is 47.7 cm³/mol. The molecule has 0 amide bonds. The lowest BCUT2D eigenvalue weighted by atomic mass is 10.2. The average molecular weight is 204 g/mol. The van der Waals surface area contributed by atoms with Crippen molar-refractivity contribution in [2.45, 2.75) is 20.4 Å². The van der Waals surface area contributed by atoms with Gasteiger partial charge >= 0.3 is 0 Å². The van der Waals surface area contributed by atoms with E-state index in [1.54, 1.807) is 13.8 Å². The molecule has 0 spiro atoms. The van der Waals surface area contributed by atoms with Crippen molar-refractivity contribution in [1.29, 1.82) is 0 Å². The maximum atomic E-state index is 10.8. The second-order valence-corrected chi connectivity index (χ2v) is 4.73. The first-order valence-electron chi connectivity index (χ1n) is 3.76. The van der Waals surface area contributed by atoms with Crippen molar-refractivity contribution in [3.8, 4) is 0 Å². The molecule has 0 unspecified atom stereocenters. The normalized spacial score (nSPS) is 11.9. The lowest BCUT2D eigenvalue weighted by Gasteiger charge is -2.00. The Hall–Kier alpha value is -0.880. The molecule has 13 heavy (non-hydrogen) atoms. The summed E-state index contributed by atoms with van der Waals surface area (Å²) in [5.74, 6) is 0.647. The van der Waals surface area contributed by atoms with E-state index in [1.165, 1.54) is 0 Å². The van der Waals surface area contributed by atoms with Gasteiger partial charge in [0, 0.05) is 12.1 Å². The van der Waals surface area contributed by atoms with Gasteiger partial charge in [-0.25, -0.2) is 13.1 Å². The smallest absolute Gasteiger partial charge is 0.209 e. The highest BCUT2D eigenvalue weighted by atomic mass is 32.2. The van der Waals surface area contributed by atoms with Crippen molar-refractivity contribution in [3.63, 3.8) is 0 Å². The first-order valence-corrected chi connectivity index (χ1v) is 5.65. The molecular formula is C7H12N2O3S. The Morgan fingerprint density at radius 2 is 2.08 bits per heavy atom. The highest BCUT2D eigenvalue weighted by molar-refractivity contribution is 7.88. The molecule has 0 aromatic carbocycles. The molecular weight excluding hydrogens is 192 g/mol. The molecule has 1 heterocycles. The van der Waals surface area contributed by atoms with Crippen LogP contribution in [0.4, 0.5) is 0 Å². The van der Waals surface area contributed by atoms with Gasteiger partial charge in [-0.1, -0.05) is 5.16 Å². The van der Waals surface area contributed by atoms with Gasteiger partial charge in [-0.2, -0.15) is 0 Å². The Balaban J connectivity index is 2.75. The Bertz CT molecular complexity index is 374. The maximum Gasteiger partial charge on any atom is 0.209 e. The van der Waals surface area contributed by atoms with Crippen molar-refractivity contribution < 1.29 is 12.9 Å². The van der Waals surface area contributed by atoms with Crippen LogP contribution < -0.4 is 4.72 Å². The molecule has 1 rings (SSSR count). The van der Waals surface area contributed by atoms with Crippen molar-refractivity contribution in [1.82, 2.24) is 9.88 Å². The van der Waals surface area contributed by atoms with E-state index in [1.807, 2.05) is 0 Å². The van der Waals surface area contributed by atoms with Crippen LogP contribution in [-0.4, -0.2) is 19.8 Å². The fraction of sp³-hybridized carbons (Fsp3) is 0.571. The van der Waals surface area contributed by atoms with Gasteiger partial charge in [0.1, 0.15) is 5.76 Å². The molecule has 74 valence electrons. The summed E-state index contributed by atoms with van der Waals surface area (Å²) >= 11 is 0. The van der Waals surface area contributed by atoms with Crippen LogP contribution in [0.3, 0.4) is 0 Å². The van der Waals surface area contributed by atoms with Gasteiger partial charge in [0.2, 0.25) is 10.0 Å². The molecule has 0 radical (unpaired) electrons. The van der Waals surface area contributed by atoms with Crippen LogP contribution >= 0.6 is 0 Å². The second-order valence-electron chi connectivity index (χ2n) is 2.90. The number of sulfonamides is 1. The minimum Gasteiger partial charge on any atom is -0.361 e. The van der Waals surface area contributed by atoms with E-state index in [-0.39, 0.29) is 6.54 Å². The lowest BCUT2D eigenvalue weighted by molar-refractivity contribution is 0.392. The van der Waals surface area contributed by atoms with Crippen LogP contribution in [0.15, 0.2) is 4.52 Å². The van der Waals surface area contributed by atoms with E-state index in [0.29, 0.717) is 11.5 Å². The largest absolute Gasteiger partial charge is 0.361 e. The van der Waals surface area contributed by atoms with Crippen LogP contribution in [-0.2, 0) is 16.6 Å². The Morgan fingerprint density at radius 1 is 1.46 bits per heavy atom. The van der Waals surface area contributed by atoms with Crippen molar-refractivity contribution in [2.75, 3.05) is 6.26 Å². The van der Waals surface area contributed by atoms with Gasteiger partial charge in [-0.05, 0) is 13.8 Å². The average Bonchev–Trinajstić information content (AvgIpc) is 2.27. The van der Waals surface area contributed by atoms with Gasteiger partial charge in [-0.3, -0.25) is 0 Å². The number of nitrogens with zero attached hydrogens (tertiary/aromatic N) is 1.